The Morgan fingerprint density at radius 1 is 1.40 bits per heavy atom. The molecule has 0 radical (unpaired) electrons. The number of aromatic nitrogens is 2. The van der Waals surface area contributed by atoms with E-state index in [1.54, 1.807) is 0 Å². The Kier molecular flexibility index (Phi) is 6.42. The maximum atomic E-state index is 10.5. The number of nitrogens with zero attached hydrogens (tertiary/aromatic N) is 2. The van der Waals surface area contributed by atoms with Crippen LogP contribution in [0, 0.1) is 11.8 Å². The molecule has 3 atom stereocenters. The molecule has 8 heteroatoms. The van der Waals surface area contributed by atoms with Gasteiger partial charge in [0.15, 0.2) is 0 Å². The summed E-state index contributed by atoms with van der Waals surface area (Å²) in [5, 5.41) is 12.5. The second-order valence-corrected chi connectivity index (χ2v) is 7.05. The Balaban J connectivity index is 0.000000339. The maximum absolute atomic E-state index is 10.5. The van der Waals surface area contributed by atoms with Gasteiger partial charge in [0.2, 0.25) is 0 Å². The van der Waals surface area contributed by atoms with Crippen molar-refractivity contribution >= 4 is 11.8 Å². The fraction of sp³-hybridized carbons (Fsp3) is 0.706. The minimum Gasteiger partial charge on any atom is -0.542 e. The van der Waals surface area contributed by atoms with E-state index in [4.69, 9.17) is 9.90 Å². The molecule has 1 N–H and O–H groups in total. The van der Waals surface area contributed by atoms with E-state index in [-0.39, 0.29) is 13.0 Å². The summed E-state index contributed by atoms with van der Waals surface area (Å²) in [6.07, 6.45) is 4.75. The monoisotopic (exact) mass is 361 g/mol. The number of carbonyl (C=O) groups excluding carboxylic acids is 1. The van der Waals surface area contributed by atoms with Crippen LogP contribution in [0.5, 0.6) is 0 Å². The highest BCUT2D eigenvalue weighted by molar-refractivity contribution is 5.70. The molecule has 1 saturated carbocycles. The molecule has 25 heavy (non-hydrogen) atoms. The van der Waals surface area contributed by atoms with Crippen molar-refractivity contribution in [1.82, 2.24) is 4.98 Å². The molecular formula is C17H26F3N3O2. The van der Waals surface area contributed by atoms with E-state index in [9.17, 15) is 13.2 Å². The van der Waals surface area contributed by atoms with Gasteiger partial charge in [0, 0.05) is 5.92 Å². The lowest BCUT2D eigenvalue weighted by Gasteiger charge is -2.44. The number of hydrogen-bond acceptors (Lipinski definition) is 4. The van der Waals surface area contributed by atoms with Crippen molar-refractivity contribution in [1.29, 1.82) is 0 Å². The minimum absolute atomic E-state index is 0. The summed E-state index contributed by atoms with van der Waals surface area (Å²) >= 11 is 0. The van der Waals surface area contributed by atoms with Crippen molar-refractivity contribution in [3.63, 3.8) is 0 Å². The maximum Gasteiger partial charge on any atom is 0.430 e. The van der Waals surface area contributed by atoms with E-state index in [1.165, 1.54) is 25.1 Å². The highest BCUT2D eigenvalue weighted by Crippen LogP contribution is 2.40. The second kappa shape index (κ2) is 7.58. The molecule has 1 fully saturated rings. The van der Waals surface area contributed by atoms with Gasteiger partial charge in [0.1, 0.15) is 29.9 Å². The predicted molar refractivity (Wildman–Crippen MR) is 85.5 cm³/mol. The second-order valence-electron chi connectivity index (χ2n) is 7.05. The van der Waals surface area contributed by atoms with Gasteiger partial charge >= 0.3 is 6.18 Å². The molecule has 1 aliphatic heterocycles. The number of carboxylic acids is 1. The van der Waals surface area contributed by atoms with Gasteiger partial charge in [0.25, 0.3) is 5.82 Å². The Morgan fingerprint density at radius 3 is 2.56 bits per heavy atom. The van der Waals surface area contributed by atoms with Crippen molar-refractivity contribution in [3.05, 3.63) is 18.6 Å². The average molecular weight is 361 g/mol. The summed E-state index contributed by atoms with van der Waals surface area (Å²) < 4.78 is 33.9. The first-order valence-electron chi connectivity index (χ1n) is 7.94. The molecule has 3 rings (SSSR count). The number of anilines is 1. The van der Waals surface area contributed by atoms with Crippen molar-refractivity contribution in [2.75, 3.05) is 5.32 Å². The van der Waals surface area contributed by atoms with Gasteiger partial charge in [0.05, 0.1) is 6.20 Å². The molecule has 1 aliphatic carbocycles. The molecular weight excluding hydrogens is 335 g/mol. The third-order valence-corrected chi connectivity index (χ3v) is 4.96. The van der Waals surface area contributed by atoms with Gasteiger partial charge < -0.3 is 9.90 Å². The van der Waals surface area contributed by atoms with E-state index >= 15 is 0 Å². The van der Waals surface area contributed by atoms with Crippen LogP contribution in [0.3, 0.4) is 0 Å². The molecule has 2 aliphatic rings. The summed E-state index contributed by atoms with van der Waals surface area (Å²) in [6, 6.07) is 0.623. The lowest BCUT2D eigenvalue weighted by Crippen LogP contribution is -2.66. The standard InChI is InChI=1S/C14H21N3.C2HF3O2.CH4/c1-10-4-5-11-12(8-10)16-13-9-15-6-7-17(13)14(11,2)3;3-2(4,5)1(6)7;/h6-7,9-12H,4-5,8H2,1-3H3;(H,6,7);1H4/t10-,11?,12?;;/m1../s1. The first-order valence-corrected chi connectivity index (χ1v) is 7.94. The molecule has 1 aromatic rings. The average Bonchev–Trinajstić information content (AvgIpc) is 2.46. The normalized spacial score (nSPS) is 26.6. The summed E-state index contributed by atoms with van der Waals surface area (Å²) in [6.45, 7) is 7.10. The van der Waals surface area contributed by atoms with Crippen LogP contribution in [-0.2, 0) is 10.3 Å². The Hall–Kier alpha value is -1.86. The van der Waals surface area contributed by atoms with Crippen LogP contribution in [-0.4, -0.2) is 23.2 Å². The number of nitrogens with one attached hydrogen (secondary N) is 1. The molecule has 0 aromatic carbocycles. The number of carboxylic acid groups (broad SMARTS) is 1. The van der Waals surface area contributed by atoms with Gasteiger partial charge in [-0.25, -0.2) is 4.57 Å². The first-order chi connectivity index (χ1) is 11.0. The third-order valence-electron chi connectivity index (χ3n) is 4.96. The van der Waals surface area contributed by atoms with Crippen molar-refractivity contribution in [2.24, 2.45) is 11.8 Å². The third kappa shape index (κ3) is 4.61. The summed E-state index contributed by atoms with van der Waals surface area (Å²) in [5.74, 6) is -0.248. The molecule has 2 unspecified atom stereocenters. The first kappa shape index (κ1) is 21.2. The number of carbonyl (C=O) groups is 1. The van der Waals surface area contributed by atoms with E-state index < -0.39 is 12.1 Å². The molecule has 0 spiro atoms. The van der Waals surface area contributed by atoms with Gasteiger partial charge in [-0.2, -0.15) is 13.2 Å². The highest BCUT2D eigenvalue weighted by Gasteiger charge is 2.49. The van der Waals surface area contributed by atoms with Crippen LogP contribution < -0.4 is 15.0 Å². The highest BCUT2D eigenvalue weighted by atomic mass is 19.4. The smallest absolute Gasteiger partial charge is 0.430 e. The Labute approximate surface area is 146 Å². The number of alkyl halides is 3. The van der Waals surface area contributed by atoms with Gasteiger partial charge in [-0.05, 0) is 39.0 Å². The molecule has 0 saturated heterocycles. The fourth-order valence-corrected chi connectivity index (χ4v) is 3.73. The van der Waals surface area contributed by atoms with Gasteiger partial charge in [-0.15, -0.1) is 0 Å². The predicted octanol–water partition coefficient (Wildman–Crippen LogP) is 2.27. The Morgan fingerprint density at radius 2 is 2.00 bits per heavy atom. The zero-order valence-electron chi connectivity index (χ0n) is 13.9. The zero-order valence-corrected chi connectivity index (χ0v) is 13.9. The largest absolute Gasteiger partial charge is 0.542 e. The van der Waals surface area contributed by atoms with Crippen LogP contribution in [0.2, 0.25) is 0 Å². The number of aliphatic carboxylic acids is 1. The van der Waals surface area contributed by atoms with Gasteiger partial charge in [-0.3, -0.25) is 10.3 Å². The van der Waals surface area contributed by atoms with Crippen LogP contribution in [0.1, 0.15) is 47.5 Å². The fourth-order valence-electron chi connectivity index (χ4n) is 3.73. The molecule has 142 valence electrons. The SMILES string of the molecule is C.C[C@@H]1CCC2C(C1)Nc1cncc[n+]1C2(C)C.O=C([O-])C(F)(F)F. The number of halogens is 3. The summed E-state index contributed by atoms with van der Waals surface area (Å²) in [4.78, 5) is 13.0. The Bertz CT molecular complexity index is 605. The molecule has 1 aromatic heterocycles. The summed E-state index contributed by atoms with van der Waals surface area (Å²) in [5.41, 5.74) is 0.203. The van der Waals surface area contributed by atoms with Crippen LogP contribution in [0.4, 0.5) is 19.0 Å². The number of rotatable bonds is 0. The lowest BCUT2D eigenvalue weighted by atomic mass is 9.69. The molecule has 0 amide bonds. The van der Waals surface area contributed by atoms with Crippen LogP contribution in [0.25, 0.3) is 0 Å². The zero-order chi connectivity index (χ0) is 18.1. The van der Waals surface area contributed by atoms with E-state index in [2.05, 4.69) is 41.8 Å². The van der Waals surface area contributed by atoms with Crippen LogP contribution >= 0.6 is 0 Å². The number of hydrogen-bond donors (Lipinski definition) is 1. The minimum atomic E-state index is -5.19. The lowest BCUT2D eigenvalue weighted by molar-refractivity contribution is -0.759. The quantitative estimate of drug-likeness (QED) is 0.720. The van der Waals surface area contributed by atoms with E-state index in [1.807, 2.05) is 12.4 Å². The van der Waals surface area contributed by atoms with Crippen LogP contribution in [0.15, 0.2) is 18.6 Å². The van der Waals surface area contributed by atoms with E-state index in [0.717, 1.165) is 11.8 Å². The molecule has 2 heterocycles. The molecule has 0 bridgehead atoms. The topological polar surface area (TPSA) is 68.9 Å². The van der Waals surface area contributed by atoms with Gasteiger partial charge in [-0.1, -0.05) is 14.4 Å². The van der Waals surface area contributed by atoms with E-state index in [0.29, 0.717) is 6.04 Å². The molecule has 5 nitrogen and oxygen atoms in total. The summed E-state index contributed by atoms with van der Waals surface area (Å²) in [7, 11) is 0. The van der Waals surface area contributed by atoms with Crippen molar-refractivity contribution < 1.29 is 27.6 Å². The van der Waals surface area contributed by atoms with Crippen molar-refractivity contribution in [2.45, 2.75) is 65.2 Å². The van der Waals surface area contributed by atoms with Crippen molar-refractivity contribution in [3.8, 4) is 0 Å². The number of fused-ring (bicyclic) bond motifs is 2.